The number of hydrogen-bond acceptors (Lipinski definition) is 2. The number of ether oxygens (including phenoxy) is 2. The quantitative estimate of drug-likeness (QED) is 0.523. The van der Waals surface area contributed by atoms with E-state index in [1.807, 2.05) is 5.57 Å². The normalized spacial score (nSPS) is 55.2. The van der Waals surface area contributed by atoms with Crippen LogP contribution >= 0.6 is 0 Å². The van der Waals surface area contributed by atoms with Gasteiger partial charge in [0.05, 0.1) is 13.2 Å². The second kappa shape index (κ2) is 5.58. The first-order chi connectivity index (χ1) is 12.0. The zero-order valence-electron chi connectivity index (χ0n) is 16.5. The standard InChI is InChI=1S/C23H36O2/c1-16-14-24-23(25-15-16)13-10-20-18-8-7-17-6-4-5-11-21(17,2)19(18)9-12-22(20,23)3/h9,16-18,20H,4-8,10-15H2,1-3H3. The molecule has 140 valence electrons. The minimum Gasteiger partial charge on any atom is -0.349 e. The number of allylic oxidation sites excluding steroid dienone is 2. The highest BCUT2D eigenvalue weighted by atomic mass is 16.7. The molecule has 0 amide bonds. The van der Waals surface area contributed by atoms with Crippen molar-refractivity contribution >= 4 is 0 Å². The van der Waals surface area contributed by atoms with Gasteiger partial charge < -0.3 is 9.47 Å². The lowest BCUT2D eigenvalue weighted by atomic mass is 9.49. The van der Waals surface area contributed by atoms with Crippen LogP contribution in [0.3, 0.4) is 0 Å². The fourth-order valence-corrected chi connectivity index (χ4v) is 7.63. The molecule has 0 aromatic rings. The molecule has 0 N–H and O–H groups in total. The van der Waals surface area contributed by atoms with Crippen LogP contribution in [-0.4, -0.2) is 19.0 Å². The van der Waals surface area contributed by atoms with Gasteiger partial charge in [-0.2, -0.15) is 0 Å². The zero-order valence-corrected chi connectivity index (χ0v) is 16.5. The van der Waals surface area contributed by atoms with Gasteiger partial charge >= 0.3 is 0 Å². The first kappa shape index (κ1) is 16.8. The molecular weight excluding hydrogens is 308 g/mol. The van der Waals surface area contributed by atoms with E-state index in [4.69, 9.17) is 9.47 Å². The van der Waals surface area contributed by atoms with Gasteiger partial charge in [-0.1, -0.05) is 45.3 Å². The first-order valence-electron chi connectivity index (χ1n) is 11.0. The van der Waals surface area contributed by atoms with Crippen LogP contribution in [0.2, 0.25) is 0 Å². The van der Waals surface area contributed by atoms with Gasteiger partial charge in [0.15, 0.2) is 5.79 Å². The third-order valence-electron chi connectivity index (χ3n) is 9.19. The predicted molar refractivity (Wildman–Crippen MR) is 100 cm³/mol. The Morgan fingerprint density at radius 1 is 0.960 bits per heavy atom. The largest absolute Gasteiger partial charge is 0.349 e. The van der Waals surface area contributed by atoms with E-state index < -0.39 is 0 Å². The Bertz CT molecular complexity index is 573. The SMILES string of the molecule is CC1COC2(CCC3C4CCC5CCCCC5(C)C4=CCC32C)OC1. The van der Waals surface area contributed by atoms with Crippen LogP contribution in [-0.2, 0) is 9.47 Å². The Morgan fingerprint density at radius 3 is 2.56 bits per heavy atom. The molecule has 0 aromatic carbocycles. The molecular formula is C23H36O2. The van der Waals surface area contributed by atoms with E-state index in [-0.39, 0.29) is 11.2 Å². The van der Waals surface area contributed by atoms with E-state index in [2.05, 4.69) is 26.8 Å². The Kier molecular flexibility index (Phi) is 3.75. The lowest BCUT2D eigenvalue weighted by Gasteiger charge is -2.58. The van der Waals surface area contributed by atoms with E-state index in [0.717, 1.165) is 37.4 Å². The van der Waals surface area contributed by atoms with Crippen molar-refractivity contribution in [2.24, 2.45) is 34.5 Å². The molecule has 5 aliphatic rings. The molecule has 2 nitrogen and oxygen atoms in total. The maximum Gasteiger partial charge on any atom is 0.174 e. The van der Waals surface area contributed by atoms with E-state index >= 15 is 0 Å². The zero-order chi connectivity index (χ0) is 17.3. The van der Waals surface area contributed by atoms with Gasteiger partial charge in [0.25, 0.3) is 0 Å². The minimum absolute atomic E-state index is 0.180. The van der Waals surface area contributed by atoms with Crippen molar-refractivity contribution in [1.29, 1.82) is 0 Å². The van der Waals surface area contributed by atoms with E-state index in [1.165, 1.54) is 51.4 Å². The highest BCUT2D eigenvalue weighted by Crippen LogP contribution is 2.67. The van der Waals surface area contributed by atoms with Crippen molar-refractivity contribution in [2.45, 2.75) is 84.3 Å². The van der Waals surface area contributed by atoms with Gasteiger partial charge in [0.2, 0.25) is 0 Å². The summed E-state index contributed by atoms with van der Waals surface area (Å²) in [6, 6.07) is 0. The number of hydrogen-bond donors (Lipinski definition) is 0. The molecule has 1 spiro atoms. The topological polar surface area (TPSA) is 18.5 Å². The van der Waals surface area contributed by atoms with Crippen LogP contribution in [0, 0.1) is 34.5 Å². The van der Waals surface area contributed by atoms with Crippen LogP contribution < -0.4 is 0 Å². The predicted octanol–water partition coefficient (Wildman–Crippen LogP) is 5.72. The summed E-state index contributed by atoms with van der Waals surface area (Å²) in [5, 5.41) is 0. The fourth-order valence-electron chi connectivity index (χ4n) is 7.63. The summed E-state index contributed by atoms with van der Waals surface area (Å²) >= 11 is 0. The van der Waals surface area contributed by atoms with Crippen LogP contribution in [0.25, 0.3) is 0 Å². The molecule has 4 fully saturated rings. The molecule has 0 radical (unpaired) electrons. The lowest BCUT2D eigenvalue weighted by Crippen LogP contribution is -2.56. The Labute approximate surface area is 153 Å². The highest BCUT2D eigenvalue weighted by molar-refractivity contribution is 5.29. The Morgan fingerprint density at radius 2 is 1.76 bits per heavy atom. The molecule has 4 aliphatic carbocycles. The summed E-state index contributed by atoms with van der Waals surface area (Å²) in [7, 11) is 0. The van der Waals surface area contributed by atoms with Gasteiger partial charge in [-0.25, -0.2) is 0 Å². The monoisotopic (exact) mass is 344 g/mol. The van der Waals surface area contributed by atoms with Gasteiger partial charge in [-0.05, 0) is 61.7 Å². The third kappa shape index (κ3) is 2.16. The van der Waals surface area contributed by atoms with Crippen LogP contribution in [0.5, 0.6) is 0 Å². The van der Waals surface area contributed by atoms with Crippen molar-refractivity contribution in [3.8, 4) is 0 Å². The second-order valence-electron chi connectivity index (χ2n) is 10.5. The maximum atomic E-state index is 6.47. The lowest BCUT2D eigenvalue weighted by molar-refractivity contribution is -0.327. The summed E-state index contributed by atoms with van der Waals surface area (Å²) in [4.78, 5) is 0. The molecule has 5 unspecified atom stereocenters. The molecule has 1 heterocycles. The third-order valence-corrected chi connectivity index (χ3v) is 9.19. The molecule has 3 saturated carbocycles. The number of fused-ring (bicyclic) bond motifs is 6. The van der Waals surface area contributed by atoms with Crippen molar-refractivity contribution in [3.05, 3.63) is 11.6 Å². The minimum atomic E-state index is -0.295. The smallest absolute Gasteiger partial charge is 0.174 e. The summed E-state index contributed by atoms with van der Waals surface area (Å²) in [6.07, 6.45) is 14.9. The van der Waals surface area contributed by atoms with Crippen molar-refractivity contribution in [2.75, 3.05) is 13.2 Å². The van der Waals surface area contributed by atoms with Crippen molar-refractivity contribution in [1.82, 2.24) is 0 Å². The Balaban J connectivity index is 1.49. The summed E-state index contributed by atoms with van der Waals surface area (Å²) in [6.45, 7) is 9.10. The van der Waals surface area contributed by atoms with Crippen LogP contribution in [0.1, 0.15) is 78.6 Å². The van der Waals surface area contributed by atoms with Crippen LogP contribution in [0.4, 0.5) is 0 Å². The molecule has 0 bridgehead atoms. The molecule has 2 heteroatoms. The average molecular weight is 345 g/mol. The first-order valence-corrected chi connectivity index (χ1v) is 11.0. The van der Waals surface area contributed by atoms with E-state index in [9.17, 15) is 0 Å². The van der Waals surface area contributed by atoms with Gasteiger partial charge in [-0.15, -0.1) is 0 Å². The average Bonchev–Trinajstić information content (AvgIpc) is 2.90. The summed E-state index contributed by atoms with van der Waals surface area (Å²) in [5.74, 6) is 2.76. The molecule has 25 heavy (non-hydrogen) atoms. The van der Waals surface area contributed by atoms with Crippen molar-refractivity contribution in [3.63, 3.8) is 0 Å². The van der Waals surface area contributed by atoms with Crippen molar-refractivity contribution < 1.29 is 9.47 Å². The van der Waals surface area contributed by atoms with Gasteiger partial charge in [-0.3, -0.25) is 0 Å². The van der Waals surface area contributed by atoms with E-state index in [1.54, 1.807) is 0 Å². The Hall–Kier alpha value is -0.340. The highest BCUT2D eigenvalue weighted by Gasteiger charge is 2.64. The molecule has 1 aliphatic heterocycles. The van der Waals surface area contributed by atoms with Gasteiger partial charge in [0, 0.05) is 17.8 Å². The molecule has 1 saturated heterocycles. The summed E-state index contributed by atoms with van der Waals surface area (Å²) < 4.78 is 12.9. The van der Waals surface area contributed by atoms with E-state index in [0.29, 0.717) is 11.3 Å². The summed E-state index contributed by atoms with van der Waals surface area (Å²) in [5.41, 5.74) is 2.53. The maximum absolute atomic E-state index is 6.47. The second-order valence-corrected chi connectivity index (χ2v) is 10.5. The molecule has 5 atom stereocenters. The fraction of sp³-hybridized carbons (Fsp3) is 0.913. The van der Waals surface area contributed by atoms with Gasteiger partial charge in [0.1, 0.15) is 0 Å². The number of rotatable bonds is 0. The van der Waals surface area contributed by atoms with Crippen LogP contribution in [0.15, 0.2) is 11.6 Å². The molecule has 0 aromatic heterocycles. The molecule has 5 rings (SSSR count).